The van der Waals surface area contributed by atoms with Crippen molar-refractivity contribution in [3.8, 4) is 11.5 Å². The number of methoxy groups -OCH3 is 3. The zero-order valence-corrected chi connectivity index (χ0v) is 18.9. The number of carbonyl (C=O) groups is 3. The molecule has 32 heavy (non-hydrogen) atoms. The van der Waals surface area contributed by atoms with Crippen LogP contribution in [0.25, 0.3) is 0 Å². The van der Waals surface area contributed by atoms with Gasteiger partial charge in [0, 0.05) is 28.9 Å². The molecule has 1 aliphatic heterocycles. The lowest BCUT2D eigenvalue weighted by Crippen LogP contribution is -2.43. The predicted molar refractivity (Wildman–Crippen MR) is 120 cm³/mol. The number of benzene rings is 2. The van der Waals surface area contributed by atoms with Crippen LogP contribution in [-0.4, -0.2) is 39.1 Å². The predicted octanol–water partition coefficient (Wildman–Crippen LogP) is 3.80. The summed E-state index contributed by atoms with van der Waals surface area (Å²) in [5, 5.41) is 3.26. The molecule has 1 atom stereocenters. The van der Waals surface area contributed by atoms with Gasteiger partial charge in [-0.2, -0.15) is 0 Å². The van der Waals surface area contributed by atoms with E-state index < -0.39 is 17.8 Å². The van der Waals surface area contributed by atoms with Gasteiger partial charge >= 0.3 is 5.97 Å². The largest absolute Gasteiger partial charge is 0.497 e. The molecule has 0 aliphatic carbocycles. The Morgan fingerprint density at radius 2 is 1.75 bits per heavy atom. The zero-order chi connectivity index (χ0) is 23.4. The van der Waals surface area contributed by atoms with Crippen LogP contribution in [0.3, 0.4) is 0 Å². The summed E-state index contributed by atoms with van der Waals surface area (Å²) < 4.78 is 15.4. The highest BCUT2D eigenvalue weighted by molar-refractivity contribution is 6.30. The summed E-state index contributed by atoms with van der Waals surface area (Å²) in [6.45, 7) is 1.60. The van der Waals surface area contributed by atoms with E-state index in [0.29, 0.717) is 33.6 Å². The number of hydrogen-bond donors (Lipinski definition) is 1. The Morgan fingerprint density at radius 3 is 2.34 bits per heavy atom. The molecule has 2 aromatic rings. The first kappa shape index (κ1) is 23.1. The second-order valence-corrected chi connectivity index (χ2v) is 7.44. The van der Waals surface area contributed by atoms with E-state index in [9.17, 15) is 14.4 Å². The molecule has 0 radical (unpaired) electrons. The van der Waals surface area contributed by atoms with Crippen molar-refractivity contribution in [3.05, 3.63) is 58.8 Å². The second kappa shape index (κ2) is 9.74. The molecule has 0 bridgehead atoms. The van der Waals surface area contributed by atoms with Crippen LogP contribution in [0.1, 0.15) is 13.3 Å². The smallest absolute Gasteiger partial charge is 0.336 e. The monoisotopic (exact) mass is 458 g/mol. The Hall–Kier alpha value is -3.52. The van der Waals surface area contributed by atoms with Crippen molar-refractivity contribution in [1.82, 2.24) is 0 Å². The number of ether oxygens (including phenoxy) is 3. The number of halogens is 1. The maximum absolute atomic E-state index is 13.2. The number of esters is 1. The fourth-order valence-electron chi connectivity index (χ4n) is 3.61. The second-order valence-electron chi connectivity index (χ2n) is 7.01. The lowest BCUT2D eigenvalue weighted by molar-refractivity contribution is -0.138. The van der Waals surface area contributed by atoms with Crippen LogP contribution in [-0.2, 0) is 19.1 Å². The summed E-state index contributed by atoms with van der Waals surface area (Å²) in [5.41, 5.74) is 1.30. The highest BCUT2D eigenvalue weighted by atomic mass is 35.5. The van der Waals surface area contributed by atoms with Crippen molar-refractivity contribution in [3.63, 3.8) is 0 Å². The van der Waals surface area contributed by atoms with Crippen molar-refractivity contribution < 1.29 is 28.6 Å². The lowest BCUT2D eigenvalue weighted by Gasteiger charge is -2.33. The number of anilines is 2. The molecular weight excluding hydrogens is 436 g/mol. The van der Waals surface area contributed by atoms with Gasteiger partial charge in [0.2, 0.25) is 11.8 Å². The zero-order valence-electron chi connectivity index (χ0n) is 18.1. The van der Waals surface area contributed by atoms with Gasteiger partial charge in [-0.25, -0.2) is 4.79 Å². The topological polar surface area (TPSA) is 94.2 Å². The van der Waals surface area contributed by atoms with Crippen LogP contribution < -0.4 is 19.7 Å². The third kappa shape index (κ3) is 4.55. The first-order valence-corrected chi connectivity index (χ1v) is 10.1. The van der Waals surface area contributed by atoms with Gasteiger partial charge < -0.3 is 19.5 Å². The van der Waals surface area contributed by atoms with Gasteiger partial charge in [-0.3, -0.25) is 14.5 Å². The number of amides is 2. The lowest BCUT2D eigenvalue weighted by atomic mass is 9.88. The summed E-state index contributed by atoms with van der Waals surface area (Å²) in [5.74, 6) is -1.70. The molecule has 0 saturated carbocycles. The Morgan fingerprint density at radius 1 is 1.06 bits per heavy atom. The van der Waals surface area contributed by atoms with E-state index in [1.165, 1.54) is 26.2 Å². The van der Waals surface area contributed by atoms with Crippen molar-refractivity contribution in [2.24, 2.45) is 5.92 Å². The molecule has 1 N–H and O–H groups in total. The standard InChI is InChI=1S/C23H23ClN2O6/c1-13-21(23(29)32-4)17(12-20(27)26(13)15-7-5-14(24)6-8-15)22(28)25-18-11-16(30-2)9-10-19(18)31-3/h5-11,17H,12H2,1-4H3,(H,25,28)/t17-/m0/s1. The van der Waals surface area contributed by atoms with Gasteiger partial charge in [0.1, 0.15) is 11.5 Å². The molecule has 0 spiro atoms. The fourth-order valence-corrected chi connectivity index (χ4v) is 3.74. The van der Waals surface area contributed by atoms with Crippen molar-refractivity contribution in [2.45, 2.75) is 13.3 Å². The van der Waals surface area contributed by atoms with Crippen molar-refractivity contribution >= 4 is 40.8 Å². The van der Waals surface area contributed by atoms with E-state index in [2.05, 4.69) is 5.32 Å². The summed E-state index contributed by atoms with van der Waals surface area (Å²) in [4.78, 5) is 40.3. The van der Waals surface area contributed by atoms with Crippen molar-refractivity contribution in [1.29, 1.82) is 0 Å². The van der Waals surface area contributed by atoms with Crippen LogP contribution in [0.15, 0.2) is 53.7 Å². The average Bonchev–Trinajstić information content (AvgIpc) is 2.79. The molecule has 1 aliphatic rings. The van der Waals surface area contributed by atoms with E-state index in [4.69, 9.17) is 25.8 Å². The van der Waals surface area contributed by atoms with Crippen LogP contribution in [0.2, 0.25) is 5.02 Å². The summed E-state index contributed by atoms with van der Waals surface area (Å²) in [6.07, 6.45) is -0.220. The molecular formula is C23H23ClN2O6. The Bertz CT molecular complexity index is 1080. The first-order valence-electron chi connectivity index (χ1n) is 9.71. The van der Waals surface area contributed by atoms with Gasteiger partial charge in [0.15, 0.2) is 0 Å². The molecule has 3 rings (SSSR count). The van der Waals surface area contributed by atoms with E-state index >= 15 is 0 Å². The highest BCUT2D eigenvalue weighted by Crippen LogP contribution is 2.36. The molecule has 9 heteroatoms. The first-order chi connectivity index (χ1) is 15.3. The SMILES string of the molecule is COC(=O)C1=C(C)N(c2ccc(Cl)cc2)C(=O)C[C@@H]1C(=O)Nc1cc(OC)ccc1OC. The fraction of sp³-hybridized carbons (Fsp3) is 0.261. The minimum absolute atomic E-state index is 0.0985. The van der Waals surface area contributed by atoms with Gasteiger partial charge in [-0.1, -0.05) is 11.6 Å². The van der Waals surface area contributed by atoms with Crippen LogP contribution in [0.4, 0.5) is 11.4 Å². The number of nitrogens with zero attached hydrogens (tertiary/aromatic N) is 1. The molecule has 2 aromatic carbocycles. The van der Waals surface area contributed by atoms with E-state index in [1.54, 1.807) is 49.4 Å². The third-order valence-electron chi connectivity index (χ3n) is 5.17. The maximum Gasteiger partial charge on any atom is 0.336 e. The molecule has 1 heterocycles. The number of hydrogen-bond acceptors (Lipinski definition) is 6. The van der Waals surface area contributed by atoms with Gasteiger partial charge in [0.05, 0.1) is 38.5 Å². The van der Waals surface area contributed by atoms with Crippen LogP contribution in [0, 0.1) is 5.92 Å². The number of carbonyl (C=O) groups excluding carboxylic acids is 3. The van der Waals surface area contributed by atoms with E-state index in [-0.39, 0.29) is 17.9 Å². The summed E-state index contributed by atoms with van der Waals surface area (Å²) in [7, 11) is 4.20. The highest BCUT2D eigenvalue weighted by Gasteiger charge is 2.40. The molecule has 2 amide bonds. The molecule has 0 saturated heterocycles. The number of allylic oxidation sites excluding steroid dienone is 1. The van der Waals surface area contributed by atoms with Gasteiger partial charge in [-0.15, -0.1) is 0 Å². The Labute approximate surface area is 190 Å². The molecule has 0 fully saturated rings. The normalized spacial score (nSPS) is 16.0. The van der Waals surface area contributed by atoms with Crippen LogP contribution >= 0.6 is 11.6 Å². The summed E-state index contributed by atoms with van der Waals surface area (Å²) >= 11 is 5.95. The molecule has 8 nitrogen and oxygen atoms in total. The summed E-state index contributed by atoms with van der Waals surface area (Å²) in [6, 6.07) is 11.5. The van der Waals surface area contributed by atoms with Crippen LogP contribution in [0.5, 0.6) is 11.5 Å². The van der Waals surface area contributed by atoms with E-state index in [0.717, 1.165) is 0 Å². The Balaban J connectivity index is 2.01. The van der Waals surface area contributed by atoms with Crippen molar-refractivity contribution in [2.75, 3.05) is 31.5 Å². The minimum Gasteiger partial charge on any atom is -0.497 e. The quantitative estimate of drug-likeness (QED) is 0.662. The number of nitrogens with one attached hydrogen (secondary N) is 1. The minimum atomic E-state index is -1.05. The maximum atomic E-state index is 13.2. The third-order valence-corrected chi connectivity index (χ3v) is 5.42. The van der Waals surface area contributed by atoms with Gasteiger partial charge in [-0.05, 0) is 43.3 Å². The average molecular weight is 459 g/mol. The molecule has 0 unspecified atom stereocenters. The Kier molecular flexibility index (Phi) is 7.05. The van der Waals surface area contributed by atoms with E-state index in [1.807, 2.05) is 0 Å². The van der Waals surface area contributed by atoms with Gasteiger partial charge in [0.25, 0.3) is 0 Å². The molecule has 168 valence electrons. The number of rotatable bonds is 6. The molecule has 0 aromatic heterocycles.